The highest BCUT2D eigenvalue weighted by Gasteiger charge is 2.55. The largest absolute Gasteiger partial charge is 0.417 e. The van der Waals surface area contributed by atoms with Crippen LogP contribution >= 0.6 is 22.9 Å². The minimum absolute atomic E-state index is 0.0148. The number of rotatable bonds is 26. The lowest BCUT2D eigenvalue weighted by molar-refractivity contribution is -0.271. The fraction of sp³-hybridized carbons (Fsp3) is 0.260. The summed E-state index contributed by atoms with van der Waals surface area (Å²) in [6.07, 6.45) is -5.81. The van der Waals surface area contributed by atoms with E-state index in [0.29, 0.717) is 86.4 Å². The number of nitrogens with two attached hydrogens (primary N) is 8. The number of amides is 8. The monoisotopic (exact) mass is 1870 g/mol. The van der Waals surface area contributed by atoms with Gasteiger partial charge in [-0.05, 0) is 142 Å². The van der Waals surface area contributed by atoms with Gasteiger partial charge in [-0.3, -0.25) is 38.4 Å². The van der Waals surface area contributed by atoms with Crippen LogP contribution in [0.5, 0.6) is 0 Å². The SMILES string of the molecule is Cc1ccccc1C(=O)NCc1ccc(-c2nn(C(CO)CCl)c(N)c2C(N)=O)cc1.Cc1ccccc1C(=O)NCc1ccc(-c2nn(C3CCC(F)(F)CC3)c(N)c2C(N)=O)cc1.Cc1ccccc1C(=O)NCc1ccc(-c2nn(C3CCC(O)(C(F)(F)F)CC3)c(N)c2C(N)=O)cc1.Cc1csc(-n2nc(-c3ccc(CNC(=O)c4ccccc4C)cc3)c(C(N)=O)c2N)n1. The van der Waals surface area contributed by atoms with Gasteiger partial charge < -0.3 is 77.3 Å². The molecule has 0 bridgehead atoms. The number of primary amides is 4. The zero-order valence-electron chi connectivity index (χ0n) is 73.7. The van der Waals surface area contributed by atoms with Crippen LogP contribution in [0.25, 0.3) is 50.2 Å². The molecule has 13 aromatic rings. The number of hydrogen-bond acceptors (Lipinski definition) is 20. The summed E-state index contributed by atoms with van der Waals surface area (Å²) >= 11 is 7.24. The molecule has 0 aliphatic heterocycles. The molecule has 38 heteroatoms. The normalized spacial score (nSPS) is 14.8. The van der Waals surface area contributed by atoms with Crippen molar-refractivity contribution in [2.45, 2.75) is 148 Å². The third-order valence-corrected chi connectivity index (χ3v) is 24.5. The molecule has 0 radical (unpaired) electrons. The molecule has 698 valence electrons. The van der Waals surface area contributed by atoms with Crippen molar-refractivity contribution < 1.29 is 70.5 Å². The van der Waals surface area contributed by atoms with Crippen LogP contribution in [0.2, 0.25) is 0 Å². The first-order valence-electron chi connectivity index (χ1n) is 42.5. The lowest BCUT2D eigenvalue weighted by Crippen LogP contribution is -2.48. The summed E-state index contributed by atoms with van der Waals surface area (Å²) in [5.41, 5.74) is 58.4. The third-order valence-electron chi connectivity index (χ3n) is 23.2. The maximum atomic E-state index is 13.6. The number of anilines is 4. The summed E-state index contributed by atoms with van der Waals surface area (Å²) in [7, 11) is 0. The van der Waals surface area contributed by atoms with Gasteiger partial charge in [0.1, 0.15) is 68.3 Å². The van der Waals surface area contributed by atoms with Gasteiger partial charge in [-0.15, -0.1) is 22.9 Å². The number of carbonyl (C=O) groups is 8. The van der Waals surface area contributed by atoms with Gasteiger partial charge in [0.2, 0.25) is 11.1 Å². The number of aromatic nitrogens is 9. The van der Waals surface area contributed by atoms with Crippen LogP contribution in [-0.2, 0) is 26.2 Å². The average molecular weight is 1870 g/mol. The first kappa shape index (κ1) is 98.1. The van der Waals surface area contributed by atoms with Crippen LogP contribution < -0.4 is 67.1 Å². The number of aliphatic hydroxyl groups is 2. The standard InChI is InChI=1S/C26H28F3N5O3.C25H27F2N5O2.C23H22N6O2S.C22H24ClN5O3/c1-15-4-2-3-5-19(15)24(36)32-14-16-6-8-17(9-7-16)21-20(23(31)35)22(30)34(33-21)18-10-12-25(37,13-11-18)26(27,28)29;1-15-4-2-3-5-19(15)24(34)30-14-16-6-8-17(9-7-16)21-20(23(29)33)22(28)32(31-21)18-10-12-25(26,27)13-11-18;1-13-5-3-4-6-17(13)22(31)26-11-15-7-9-16(10-8-15)19-18(21(25)30)20(24)29(28-19)23-27-14(2)12-32-23;1-13-4-2-3-5-17(13)22(31)26-11-14-6-8-15(9-7-14)19-18(21(25)30)20(24)28(27-19)16(10-23)12-29/h2-9,18,37H,10-14,30H2,1H3,(H2,31,35)(H,32,36);2-9,18H,10-14,28H2,1H3,(H2,29,33)(H,30,34);3-10,12H,11,24H2,1-2H3,(H2,25,30)(H,26,31);2-9,16,29H,10-12,24H2,1H3,(H2,25,30)(H,26,31). The summed E-state index contributed by atoms with van der Waals surface area (Å²) in [5.74, 6) is -5.92. The van der Waals surface area contributed by atoms with Crippen molar-refractivity contribution in [2.24, 2.45) is 22.9 Å². The molecule has 15 rings (SSSR count). The van der Waals surface area contributed by atoms with Crippen molar-refractivity contribution in [3.63, 3.8) is 0 Å². The Labute approximate surface area is 775 Å². The number of aryl methyl sites for hydroxylation is 5. The second-order valence-corrected chi connectivity index (χ2v) is 33.7. The molecule has 0 spiro atoms. The number of nitrogen functional groups attached to an aromatic ring is 4. The van der Waals surface area contributed by atoms with Crippen LogP contribution in [0.1, 0.15) is 203 Å². The average Bonchev–Trinajstić information content (AvgIpc) is 1.55. The summed E-state index contributed by atoms with van der Waals surface area (Å²) in [5, 5.41) is 51.3. The Hall–Kier alpha value is -15.0. The molecular formula is C96H101ClF5N21O10S. The summed E-state index contributed by atoms with van der Waals surface area (Å²) in [6.45, 7) is 10.4. The Bertz CT molecular complexity index is 6470. The second-order valence-electron chi connectivity index (χ2n) is 32.5. The molecule has 31 nitrogen and oxygen atoms in total. The van der Waals surface area contributed by atoms with E-state index in [2.05, 4.69) is 46.6 Å². The quantitative estimate of drug-likeness (QED) is 0.0177. The van der Waals surface area contributed by atoms with Crippen LogP contribution in [0.4, 0.5) is 45.2 Å². The molecular weight excluding hydrogens is 1770 g/mol. The Morgan fingerprint density at radius 2 is 0.731 bits per heavy atom. The predicted octanol–water partition coefficient (Wildman–Crippen LogP) is 13.6. The number of alkyl halides is 6. The lowest BCUT2D eigenvalue weighted by atomic mass is 9.81. The van der Waals surface area contributed by atoms with Gasteiger partial charge in [0, 0.05) is 94.8 Å². The molecule has 134 heavy (non-hydrogen) atoms. The van der Waals surface area contributed by atoms with E-state index in [0.717, 1.165) is 50.2 Å². The topological polar surface area (TPSA) is 517 Å². The summed E-state index contributed by atoms with van der Waals surface area (Å²) in [6, 6.07) is 56.6. The van der Waals surface area contributed by atoms with Crippen LogP contribution in [0.15, 0.2) is 200 Å². The van der Waals surface area contributed by atoms with Crippen LogP contribution in [0.3, 0.4) is 0 Å². The number of benzene rings is 8. The zero-order chi connectivity index (χ0) is 96.8. The van der Waals surface area contributed by atoms with E-state index in [1.807, 2.05) is 155 Å². The van der Waals surface area contributed by atoms with Gasteiger partial charge in [-0.2, -0.15) is 38.2 Å². The second kappa shape index (κ2) is 42.5. The number of nitrogens with one attached hydrogen (secondary N) is 4. The van der Waals surface area contributed by atoms with Gasteiger partial charge in [-0.25, -0.2) is 27.8 Å². The smallest absolute Gasteiger partial charge is 0.394 e. The summed E-state index contributed by atoms with van der Waals surface area (Å²) < 4.78 is 72.3. The Morgan fingerprint density at radius 3 is 1.01 bits per heavy atom. The van der Waals surface area contributed by atoms with E-state index < -0.39 is 66.3 Å². The maximum absolute atomic E-state index is 13.6. The Balaban J connectivity index is 0.000000161. The van der Waals surface area contributed by atoms with Crippen LogP contribution in [0, 0.1) is 34.6 Å². The number of nitrogens with zero attached hydrogens (tertiary/aromatic N) is 9. The van der Waals surface area contributed by atoms with Crippen molar-refractivity contribution in [3.05, 3.63) is 294 Å². The minimum Gasteiger partial charge on any atom is -0.394 e. The van der Waals surface area contributed by atoms with Gasteiger partial charge in [0.05, 0.1) is 30.4 Å². The first-order chi connectivity index (χ1) is 63.8. The number of hydrogen-bond donors (Lipinski definition) is 14. The van der Waals surface area contributed by atoms with Crippen molar-refractivity contribution >= 4 is 93.5 Å². The van der Waals surface area contributed by atoms with E-state index in [1.165, 1.54) is 30.1 Å². The highest BCUT2D eigenvalue weighted by Crippen LogP contribution is 2.47. The molecule has 2 saturated carbocycles. The van der Waals surface area contributed by atoms with Crippen molar-refractivity contribution in [2.75, 3.05) is 35.4 Å². The summed E-state index contributed by atoms with van der Waals surface area (Å²) in [4.78, 5) is 103. The van der Waals surface area contributed by atoms with E-state index in [9.17, 15) is 70.5 Å². The number of thiazole rings is 1. The highest BCUT2D eigenvalue weighted by atomic mass is 35.5. The van der Waals surface area contributed by atoms with E-state index >= 15 is 0 Å². The molecule has 2 aliphatic rings. The molecule has 8 aromatic carbocycles. The third kappa shape index (κ3) is 22.8. The fourth-order valence-corrected chi connectivity index (χ4v) is 16.6. The highest BCUT2D eigenvalue weighted by molar-refractivity contribution is 7.12. The molecule has 8 amide bonds. The number of halogens is 6. The predicted molar refractivity (Wildman–Crippen MR) is 501 cm³/mol. The molecule has 2 fully saturated rings. The Kier molecular flexibility index (Phi) is 31.1. The maximum Gasteiger partial charge on any atom is 0.417 e. The first-order valence-corrected chi connectivity index (χ1v) is 43.9. The van der Waals surface area contributed by atoms with Gasteiger partial charge in [0.15, 0.2) is 5.60 Å². The van der Waals surface area contributed by atoms with Crippen LogP contribution in [-0.4, -0.2) is 132 Å². The Morgan fingerprint density at radius 1 is 0.440 bits per heavy atom. The van der Waals surface area contributed by atoms with Gasteiger partial charge in [-0.1, -0.05) is 170 Å². The van der Waals surface area contributed by atoms with E-state index in [-0.39, 0.29) is 138 Å². The van der Waals surface area contributed by atoms with Crippen molar-refractivity contribution in [1.29, 1.82) is 0 Å². The molecule has 1 unspecified atom stereocenters. The molecule has 5 aromatic heterocycles. The molecule has 22 N–H and O–H groups in total. The van der Waals surface area contributed by atoms with Crippen molar-refractivity contribution in [3.8, 4) is 50.2 Å². The minimum atomic E-state index is -4.72. The number of aliphatic hydroxyl groups excluding tert-OH is 1. The lowest BCUT2D eigenvalue weighted by Gasteiger charge is -2.37. The number of carbonyl (C=O) groups excluding carboxylic acids is 8. The van der Waals surface area contributed by atoms with Gasteiger partial charge >= 0.3 is 6.18 Å². The van der Waals surface area contributed by atoms with Crippen molar-refractivity contribution in [1.82, 2.24) is 65.4 Å². The van der Waals surface area contributed by atoms with E-state index in [1.54, 1.807) is 78.9 Å². The van der Waals surface area contributed by atoms with Gasteiger partial charge in [0.25, 0.3) is 47.3 Å². The molecule has 5 heterocycles. The zero-order valence-corrected chi connectivity index (χ0v) is 75.2. The molecule has 2 aliphatic carbocycles. The fourth-order valence-electron chi connectivity index (χ4n) is 15.6. The molecule has 1 atom stereocenters. The molecule has 0 saturated heterocycles. The van der Waals surface area contributed by atoms with E-state index in [4.69, 9.17) is 57.5 Å².